The summed E-state index contributed by atoms with van der Waals surface area (Å²) < 4.78 is 27.0. The molecule has 1 saturated heterocycles. The maximum atomic E-state index is 13.6. The summed E-state index contributed by atoms with van der Waals surface area (Å²) in [7, 11) is 0. The first-order chi connectivity index (χ1) is 10.5. The average molecular weight is 455 g/mol. The largest absolute Gasteiger partial charge is 0.357 e. The minimum absolute atomic E-state index is 0. The number of hydrogen-bond acceptors (Lipinski definition) is 2. The number of aliphatic imine (C=N–C) groups is 1. The summed E-state index contributed by atoms with van der Waals surface area (Å²) >= 11 is 1.97. The molecule has 7 heteroatoms. The lowest BCUT2D eigenvalue weighted by Crippen LogP contribution is -2.43. The number of nitrogens with zero attached hydrogens (tertiary/aromatic N) is 1. The molecule has 1 fully saturated rings. The molecule has 0 spiro atoms. The van der Waals surface area contributed by atoms with Crippen LogP contribution in [0.4, 0.5) is 8.78 Å². The standard InChI is InChI=1S/C16H23F2N3S.HI/c1-3-19-15(21-11-16(2)7-4-8-22-16)20-10-12-9-13(17)5-6-14(12)18;/h5-6,9H,3-4,7-8,10-11H2,1-2H3,(H2,19,20,21);1H. The zero-order valence-electron chi connectivity index (χ0n) is 13.5. The molecule has 1 unspecified atom stereocenters. The van der Waals surface area contributed by atoms with Gasteiger partial charge in [0.05, 0.1) is 6.54 Å². The van der Waals surface area contributed by atoms with Crippen LogP contribution in [0, 0.1) is 11.6 Å². The monoisotopic (exact) mass is 455 g/mol. The van der Waals surface area contributed by atoms with Crippen molar-refractivity contribution in [3.8, 4) is 0 Å². The number of hydrogen-bond donors (Lipinski definition) is 2. The van der Waals surface area contributed by atoms with E-state index < -0.39 is 11.6 Å². The van der Waals surface area contributed by atoms with Gasteiger partial charge in [-0.2, -0.15) is 11.8 Å². The van der Waals surface area contributed by atoms with Crippen molar-refractivity contribution in [2.45, 2.75) is 38.0 Å². The number of nitrogens with one attached hydrogen (secondary N) is 2. The van der Waals surface area contributed by atoms with Crippen molar-refractivity contribution in [3.63, 3.8) is 0 Å². The third-order valence-electron chi connectivity index (χ3n) is 3.69. The van der Waals surface area contributed by atoms with Crippen LogP contribution in [0.1, 0.15) is 32.3 Å². The highest BCUT2D eigenvalue weighted by Gasteiger charge is 2.29. The molecular formula is C16H24F2IN3S. The van der Waals surface area contributed by atoms with E-state index >= 15 is 0 Å². The molecule has 1 aromatic carbocycles. The third-order valence-corrected chi connectivity index (χ3v) is 5.23. The predicted molar refractivity (Wildman–Crippen MR) is 105 cm³/mol. The van der Waals surface area contributed by atoms with Gasteiger partial charge < -0.3 is 10.6 Å². The first-order valence-electron chi connectivity index (χ1n) is 7.62. The number of rotatable bonds is 5. The van der Waals surface area contributed by atoms with Crippen molar-refractivity contribution in [1.29, 1.82) is 0 Å². The molecule has 0 saturated carbocycles. The predicted octanol–water partition coefficient (Wildman–Crippen LogP) is 3.92. The van der Waals surface area contributed by atoms with Crippen molar-refractivity contribution < 1.29 is 8.78 Å². The summed E-state index contributed by atoms with van der Waals surface area (Å²) in [6, 6.07) is 3.44. The molecular weight excluding hydrogens is 431 g/mol. The van der Waals surface area contributed by atoms with E-state index in [9.17, 15) is 8.78 Å². The molecule has 0 bridgehead atoms. The Morgan fingerprint density at radius 3 is 2.78 bits per heavy atom. The second kappa shape index (κ2) is 9.66. The van der Waals surface area contributed by atoms with Gasteiger partial charge in [0.2, 0.25) is 0 Å². The van der Waals surface area contributed by atoms with Crippen molar-refractivity contribution in [1.82, 2.24) is 10.6 Å². The van der Waals surface area contributed by atoms with Gasteiger partial charge in [0.1, 0.15) is 11.6 Å². The van der Waals surface area contributed by atoms with Gasteiger partial charge >= 0.3 is 0 Å². The Morgan fingerprint density at radius 1 is 1.35 bits per heavy atom. The highest BCUT2D eigenvalue weighted by Crippen LogP contribution is 2.36. The zero-order chi connectivity index (χ0) is 16.0. The van der Waals surface area contributed by atoms with Gasteiger partial charge in [-0.25, -0.2) is 13.8 Å². The summed E-state index contributed by atoms with van der Waals surface area (Å²) in [4.78, 5) is 4.36. The Morgan fingerprint density at radius 2 is 2.13 bits per heavy atom. The topological polar surface area (TPSA) is 36.4 Å². The lowest BCUT2D eigenvalue weighted by Gasteiger charge is -2.24. The van der Waals surface area contributed by atoms with E-state index in [0.29, 0.717) is 5.96 Å². The highest BCUT2D eigenvalue weighted by molar-refractivity contribution is 14.0. The fourth-order valence-electron chi connectivity index (χ4n) is 2.42. The van der Waals surface area contributed by atoms with Crippen molar-refractivity contribution in [2.75, 3.05) is 18.8 Å². The van der Waals surface area contributed by atoms with Crippen LogP contribution in [0.2, 0.25) is 0 Å². The first-order valence-corrected chi connectivity index (χ1v) is 8.61. The van der Waals surface area contributed by atoms with Crippen LogP contribution in [-0.2, 0) is 6.54 Å². The molecule has 0 aliphatic carbocycles. The normalized spacial score (nSPS) is 21.0. The van der Waals surface area contributed by atoms with Crippen LogP contribution in [0.5, 0.6) is 0 Å². The molecule has 1 aromatic rings. The maximum absolute atomic E-state index is 13.6. The lowest BCUT2D eigenvalue weighted by atomic mass is 10.1. The first kappa shape index (κ1) is 20.5. The van der Waals surface area contributed by atoms with Crippen molar-refractivity contribution >= 4 is 41.7 Å². The Labute approximate surface area is 158 Å². The van der Waals surface area contributed by atoms with E-state index in [1.165, 1.54) is 24.7 Å². The second-order valence-corrected chi connectivity index (χ2v) is 7.37. The Hall–Kier alpha value is -0.570. The second-order valence-electron chi connectivity index (χ2n) is 5.69. The smallest absolute Gasteiger partial charge is 0.191 e. The fraction of sp³-hybridized carbons (Fsp3) is 0.562. The van der Waals surface area contributed by atoms with Crippen LogP contribution in [0.3, 0.4) is 0 Å². The molecule has 0 aromatic heterocycles. The molecule has 2 N–H and O–H groups in total. The van der Waals surface area contributed by atoms with Crippen molar-refractivity contribution in [3.05, 3.63) is 35.4 Å². The number of halogens is 3. The van der Waals surface area contributed by atoms with Crippen LogP contribution < -0.4 is 10.6 Å². The minimum Gasteiger partial charge on any atom is -0.357 e. The number of benzene rings is 1. The van der Waals surface area contributed by atoms with E-state index in [2.05, 4.69) is 22.5 Å². The average Bonchev–Trinajstić information content (AvgIpc) is 2.92. The van der Waals surface area contributed by atoms with Crippen LogP contribution in [0.25, 0.3) is 0 Å². The Balaban J connectivity index is 0.00000264. The summed E-state index contributed by atoms with van der Waals surface area (Å²) in [5.74, 6) is 0.957. The lowest BCUT2D eigenvalue weighted by molar-refractivity contribution is 0.580. The van der Waals surface area contributed by atoms with Gasteiger partial charge in [0.15, 0.2) is 5.96 Å². The van der Waals surface area contributed by atoms with Gasteiger partial charge in [-0.3, -0.25) is 0 Å². The quantitative estimate of drug-likeness (QED) is 0.402. The minimum atomic E-state index is -0.445. The van der Waals surface area contributed by atoms with E-state index in [1.54, 1.807) is 0 Å². The molecule has 3 nitrogen and oxygen atoms in total. The highest BCUT2D eigenvalue weighted by atomic mass is 127. The van der Waals surface area contributed by atoms with Gasteiger partial charge in [-0.15, -0.1) is 24.0 Å². The molecule has 0 amide bonds. The molecule has 130 valence electrons. The molecule has 1 atom stereocenters. The third kappa shape index (κ3) is 6.45. The molecule has 1 heterocycles. The summed E-state index contributed by atoms with van der Waals surface area (Å²) in [5, 5.41) is 6.45. The summed E-state index contributed by atoms with van der Waals surface area (Å²) in [6.07, 6.45) is 2.42. The van der Waals surface area contributed by atoms with Gasteiger partial charge in [-0.1, -0.05) is 0 Å². The van der Waals surface area contributed by atoms with Crippen LogP contribution in [-0.4, -0.2) is 29.5 Å². The van der Waals surface area contributed by atoms with Crippen LogP contribution in [0.15, 0.2) is 23.2 Å². The summed E-state index contributed by atoms with van der Waals surface area (Å²) in [6.45, 7) is 5.87. The van der Waals surface area contributed by atoms with Gasteiger partial charge in [0, 0.05) is 23.4 Å². The fourth-order valence-corrected chi connectivity index (χ4v) is 3.66. The van der Waals surface area contributed by atoms with Crippen LogP contribution >= 0.6 is 35.7 Å². The zero-order valence-corrected chi connectivity index (χ0v) is 16.6. The SMILES string of the molecule is CCNC(=NCc1cc(F)ccc1F)NCC1(C)CCCS1.I. The van der Waals surface area contributed by atoms with E-state index in [4.69, 9.17) is 0 Å². The summed E-state index contributed by atoms with van der Waals surface area (Å²) in [5.41, 5.74) is 0.263. The van der Waals surface area contributed by atoms with Gasteiger partial charge in [-0.05, 0) is 50.6 Å². The maximum Gasteiger partial charge on any atom is 0.191 e. The molecule has 23 heavy (non-hydrogen) atoms. The van der Waals surface area contributed by atoms with E-state index in [0.717, 1.165) is 25.2 Å². The van der Waals surface area contributed by atoms with E-state index in [1.807, 2.05) is 18.7 Å². The molecule has 1 aliphatic rings. The van der Waals surface area contributed by atoms with Crippen molar-refractivity contribution in [2.24, 2.45) is 4.99 Å². The molecule has 1 aliphatic heterocycles. The molecule has 2 rings (SSSR count). The van der Waals surface area contributed by atoms with E-state index in [-0.39, 0.29) is 40.8 Å². The number of guanidine groups is 1. The van der Waals surface area contributed by atoms with Gasteiger partial charge in [0.25, 0.3) is 0 Å². The molecule has 0 radical (unpaired) electrons. The Kier molecular flexibility index (Phi) is 8.60. The number of thioether (sulfide) groups is 1. The Bertz CT molecular complexity index is 534.